The lowest BCUT2D eigenvalue weighted by Gasteiger charge is -2.12. The maximum Gasteiger partial charge on any atom is 0.274 e. The minimum Gasteiger partial charge on any atom is -0.340 e. The number of hydrogen-bond acceptors (Lipinski definition) is 6. The second kappa shape index (κ2) is 9.42. The molecule has 1 amide bonds. The third-order valence-electron chi connectivity index (χ3n) is 6.04. The molecule has 0 spiro atoms. The van der Waals surface area contributed by atoms with Crippen LogP contribution in [0.1, 0.15) is 29.4 Å². The van der Waals surface area contributed by atoms with E-state index in [1.54, 1.807) is 24.8 Å². The van der Waals surface area contributed by atoms with Gasteiger partial charge < -0.3 is 15.2 Å². The van der Waals surface area contributed by atoms with E-state index in [9.17, 15) is 4.79 Å². The van der Waals surface area contributed by atoms with E-state index in [1.807, 2.05) is 72.8 Å². The molecule has 0 atom stereocenters. The molecule has 36 heavy (non-hydrogen) atoms. The SMILES string of the molecule is O=C(Nc1cccc(-c2nncn2C2CC2)c1)c1cc(-c2cccnc2Nc2ccccc2)ccn1. The van der Waals surface area contributed by atoms with E-state index in [4.69, 9.17) is 0 Å². The minimum absolute atomic E-state index is 0.292. The van der Waals surface area contributed by atoms with Crippen LogP contribution in [0.3, 0.4) is 0 Å². The van der Waals surface area contributed by atoms with Crippen LogP contribution in [0.5, 0.6) is 0 Å². The summed E-state index contributed by atoms with van der Waals surface area (Å²) in [7, 11) is 0. The molecule has 0 bridgehead atoms. The molecule has 3 aromatic heterocycles. The summed E-state index contributed by atoms with van der Waals surface area (Å²) in [6.45, 7) is 0. The quantitative estimate of drug-likeness (QED) is 0.313. The standard InChI is InChI=1S/C28H23N7O/c36-28(33-22-9-4-6-20(16-22)27-34-31-18-35(27)23-11-12-23)25-17-19(13-15-29-25)24-10-5-14-30-26(24)32-21-7-2-1-3-8-21/h1-10,13-18,23H,11-12H2,(H,30,32)(H,33,36). The Morgan fingerprint density at radius 3 is 2.56 bits per heavy atom. The van der Waals surface area contributed by atoms with Crippen molar-refractivity contribution in [2.45, 2.75) is 18.9 Å². The predicted octanol–water partition coefficient (Wildman–Crippen LogP) is 5.73. The van der Waals surface area contributed by atoms with Gasteiger partial charge in [0.2, 0.25) is 0 Å². The number of benzene rings is 2. The monoisotopic (exact) mass is 473 g/mol. The van der Waals surface area contributed by atoms with E-state index >= 15 is 0 Å². The van der Waals surface area contributed by atoms with Crippen LogP contribution >= 0.6 is 0 Å². The molecule has 1 aliphatic rings. The van der Waals surface area contributed by atoms with Crippen molar-refractivity contribution in [3.05, 3.63) is 103 Å². The number of pyridine rings is 2. The summed E-state index contributed by atoms with van der Waals surface area (Å²) in [4.78, 5) is 21.9. The molecule has 6 rings (SSSR count). The molecule has 0 saturated heterocycles. The fraction of sp³-hybridized carbons (Fsp3) is 0.107. The van der Waals surface area contributed by atoms with Gasteiger partial charge in [-0.1, -0.05) is 30.3 Å². The van der Waals surface area contributed by atoms with E-state index in [2.05, 4.69) is 35.4 Å². The molecular formula is C28H23N7O. The average molecular weight is 474 g/mol. The number of anilines is 3. The van der Waals surface area contributed by atoms with Crippen molar-refractivity contribution in [2.75, 3.05) is 10.6 Å². The van der Waals surface area contributed by atoms with E-state index in [-0.39, 0.29) is 5.91 Å². The van der Waals surface area contributed by atoms with Crippen molar-refractivity contribution in [3.63, 3.8) is 0 Å². The second-order valence-electron chi connectivity index (χ2n) is 8.65. The molecule has 0 unspecified atom stereocenters. The largest absolute Gasteiger partial charge is 0.340 e. The number of aromatic nitrogens is 5. The number of carbonyl (C=O) groups excluding carboxylic acids is 1. The molecule has 176 valence electrons. The first-order chi connectivity index (χ1) is 17.7. The number of carbonyl (C=O) groups is 1. The fourth-order valence-electron chi connectivity index (χ4n) is 4.12. The highest BCUT2D eigenvalue weighted by Gasteiger charge is 2.26. The summed E-state index contributed by atoms with van der Waals surface area (Å²) in [5.74, 6) is 1.22. The van der Waals surface area contributed by atoms with Crippen molar-refractivity contribution < 1.29 is 4.79 Å². The normalized spacial score (nSPS) is 12.8. The van der Waals surface area contributed by atoms with Crippen LogP contribution in [0.2, 0.25) is 0 Å². The highest BCUT2D eigenvalue weighted by Crippen LogP contribution is 2.37. The van der Waals surface area contributed by atoms with Gasteiger partial charge in [-0.25, -0.2) is 4.98 Å². The van der Waals surface area contributed by atoms with Gasteiger partial charge in [-0.15, -0.1) is 10.2 Å². The van der Waals surface area contributed by atoms with Crippen LogP contribution < -0.4 is 10.6 Å². The Morgan fingerprint density at radius 1 is 0.833 bits per heavy atom. The molecule has 1 fully saturated rings. The average Bonchev–Trinajstić information content (AvgIpc) is 3.65. The van der Waals surface area contributed by atoms with Crippen molar-refractivity contribution in [3.8, 4) is 22.5 Å². The van der Waals surface area contributed by atoms with Gasteiger partial charge >= 0.3 is 0 Å². The minimum atomic E-state index is -0.292. The van der Waals surface area contributed by atoms with E-state index in [0.717, 1.165) is 41.0 Å². The maximum atomic E-state index is 13.1. The van der Waals surface area contributed by atoms with E-state index in [1.165, 1.54) is 0 Å². The summed E-state index contributed by atoms with van der Waals surface area (Å²) in [6.07, 6.45) is 7.43. The Morgan fingerprint density at radius 2 is 1.69 bits per heavy atom. The lowest BCUT2D eigenvalue weighted by Crippen LogP contribution is -2.13. The van der Waals surface area contributed by atoms with Crippen LogP contribution in [-0.2, 0) is 0 Å². The molecule has 1 saturated carbocycles. The van der Waals surface area contributed by atoms with Crippen molar-refractivity contribution in [2.24, 2.45) is 0 Å². The van der Waals surface area contributed by atoms with Gasteiger partial charge in [0, 0.05) is 40.9 Å². The van der Waals surface area contributed by atoms with Gasteiger partial charge in [0.15, 0.2) is 5.82 Å². The van der Waals surface area contributed by atoms with E-state index in [0.29, 0.717) is 23.2 Å². The molecule has 2 aromatic carbocycles. The van der Waals surface area contributed by atoms with Crippen molar-refractivity contribution in [1.82, 2.24) is 24.7 Å². The molecule has 1 aliphatic carbocycles. The Hall–Kier alpha value is -4.85. The molecule has 8 heteroatoms. The molecule has 3 heterocycles. The molecule has 0 aliphatic heterocycles. The maximum absolute atomic E-state index is 13.1. The molecule has 0 radical (unpaired) electrons. The number of rotatable bonds is 7. The lowest BCUT2D eigenvalue weighted by molar-refractivity contribution is 0.102. The number of para-hydroxylation sites is 1. The Kier molecular flexibility index (Phi) is 5.67. The zero-order valence-corrected chi connectivity index (χ0v) is 19.4. The number of hydrogen-bond donors (Lipinski definition) is 2. The first-order valence-electron chi connectivity index (χ1n) is 11.8. The van der Waals surface area contributed by atoms with Gasteiger partial charge in [-0.2, -0.15) is 0 Å². The first kappa shape index (κ1) is 21.7. The number of nitrogens with one attached hydrogen (secondary N) is 2. The number of nitrogens with zero attached hydrogens (tertiary/aromatic N) is 5. The highest BCUT2D eigenvalue weighted by molar-refractivity contribution is 6.04. The summed E-state index contributed by atoms with van der Waals surface area (Å²) in [5, 5.41) is 14.7. The Labute approximate surface area is 208 Å². The smallest absolute Gasteiger partial charge is 0.274 e. The fourth-order valence-corrected chi connectivity index (χ4v) is 4.12. The summed E-state index contributed by atoms with van der Waals surface area (Å²) < 4.78 is 2.10. The van der Waals surface area contributed by atoms with Crippen molar-refractivity contribution >= 4 is 23.1 Å². The van der Waals surface area contributed by atoms with Gasteiger partial charge in [0.25, 0.3) is 5.91 Å². The third kappa shape index (κ3) is 4.56. The zero-order chi connectivity index (χ0) is 24.3. The van der Waals surface area contributed by atoms with Crippen LogP contribution in [0.25, 0.3) is 22.5 Å². The topological polar surface area (TPSA) is 97.6 Å². The van der Waals surface area contributed by atoms with Crippen LogP contribution in [0.15, 0.2) is 97.6 Å². The number of amides is 1. The summed E-state index contributed by atoms with van der Waals surface area (Å²) in [6, 6.07) is 25.4. The van der Waals surface area contributed by atoms with Crippen LogP contribution in [0.4, 0.5) is 17.2 Å². The molecule has 8 nitrogen and oxygen atoms in total. The Bertz CT molecular complexity index is 1530. The molecule has 2 N–H and O–H groups in total. The van der Waals surface area contributed by atoms with Crippen LogP contribution in [-0.4, -0.2) is 30.6 Å². The van der Waals surface area contributed by atoms with Crippen LogP contribution in [0, 0.1) is 0 Å². The Balaban J connectivity index is 1.24. The molecule has 5 aromatic rings. The summed E-state index contributed by atoms with van der Waals surface area (Å²) in [5.41, 5.74) is 4.54. The predicted molar refractivity (Wildman–Crippen MR) is 139 cm³/mol. The second-order valence-corrected chi connectivity index (χ2v) is 8.65. The lowest BCUT2D eigenvalue weighted by atomic mass is 10.1. The van der Waals surface area contributed by atoms with Gasteiger partial charge in [0.05, 0.1) is 0 Å². The zero-order valence-electron chi connectivity index (χ0n) is 19.4. The summed E-state index contributed by atoms with van der Waals surface area (Å²) >= 11 is 0. The van der Waals surface area contributed by atoms with Gasteiger partial charge in [0.1, 0.15) is 17.8 Å². The first-order valence-corrected chi connectivity index (χ1v) is 11.8. The van der Waals surface area contributed by atoms with E-state index < -0.39 is 0 Å². The van der Waals surface area contributed by atoms with Crippen molar-refractivity contribution in [1.29, 1.82) is 0 Å². The van der Waals surface area contributed by atoms with Gasteiger partial charge in [-0.3, -0.25) is 9.78 Å². The molecular weight excluding hydrogens is 450 g/mol. The highest BCUT2D eigenvalue weighted by atomic mass is 16.1. The van der Waals surface area contributed by atoms with Gasteiger partial charge in [-0.05, 0) is 66.9 Å². The third-order valence-corrected chi connectivity index (χ3v) is 6.04.